The lowest BCUT2D eigenvalue weighted by Gasteiger charge is -2.22. The fraction of sp³-hybridized carbons (Fsp3) is 0.438. The van der Waals surface area contributed by atoms with Crippen LogP contribution in [-0.2, 0) is 26.6 Å². The highest BCUT2D eigenvalue weighted by Gasteiger charge is 2.46. The van der Waals surface area contributed by atoms with Crippen LogP contribution in [0.4, 0.5) is 26.3 Å². The molecule has 0 aliphatic carbocycles. The molecule has 1 heterocycles. The van der Waals surface area contributed by atoms with Crippen LogP contribution in [0.1, 0.15) is 23.6 Å². The highest BCUT2D eigenvalue weighted by Crippen LogP contribution is 2.36. The Balaban J connectivity index is 0.000000311. The van der Waals surface area contributed by atoms with E-state index in [-0.39, 0.29) is 0 Å². The fourth-order valence-corrected chi connectivity index (χ4v) is 4.22. The Labute approximate surface area is 175 Å². The topological polar surface area (TPSA) is 91.2 Å². The van der Waals surface area contributed by atoms with Crippen LogP contribution >= 0.6 is 0 Å². The molecule has 0 bridgehead atoms. The summed E-state index contributed by atoms with van der Waals surface area (Å²) in [4.78, 5) is 0. The quantitative estimate of drug-likeness (QED) is 0.477. The van der Waals surface area contributed by atoms with Gasteiger partial charge in [-0.3, -0.25) is 0 Å². The molecule has 1 aromatic heterocycles. The van der Waals surface area contributed by atoms with Crippen molar-refractivity contribution < 1.29 is 47.7 Å². The fourth-order valence-electron chi connectivity index (χ4n) is 2.51. The molecule has 176 valence electrons. The molecule has 15 heteroatoms. The van der Waals surface area contributed by atoms with Gasteiger partial charge in [-0.05, 0) is 38.8 Å². The van der Waals surface area contributed by atoms with Gasteiger partial charge in [0.2, 0.25) is 6.33 Å². The largest absolute Gasteiger partial charge is 0.480 e. The standard InChI is InChI=1S/C14H19N2.C2F6NO4S2/c1-5-15-6-7-16(10-15)14-12(3)8-11(2)9-13(14)4;3-1(4,5)14(10,11)9-15(12,13)2(6,7)8/h6-10H,5H2,1-4H3;/q+1;-1. The highest BCUT2D eigenvalue weighted by atomic mass is 32.3. The zero-order chi connectivity index (χ0) is 24.4. The summed E-state index contributed by atoms with van der Waals surface area (Å²) >= 11 is 0. The predicted octanol–water partition coefficient (Wildman–Crippen LogP) is 3.77. The molecule has 2 rings (SSSR count). The average molecular weight is 495 g/mol. The SMILES string of the molecule is CC[n+]1ccn(-c2c(C)cc(C)cc2C)c1.O=S(=O)([N-]S(=O)(=O)C(F)(F)F)C(F)(F)F. The number of rotatable bonds is 4. The van der Waals surface area contributed by atoms with Crippen molar-refractivity contribution in [2.75, 3.05) is 0 Å². The molecular weight excluding hydrogens is 476 g/mol. The van der Waals surface area contributed by atoms with Gasteiger partial charge >= 0.3 is 11.0 Å². The molecule has 7 nitrogen and oxygen atoms in total. The van der Waals surface area contributed by atoms with E-state index in [4.69, 9.17) is 0 Å². The summed E-state index contributed by atoms with van der Waals surface area (Å²) in [6, 6.07) is 4.47. The van der Waals surface area contributed by atoms with Crippen LogP contribution in [0.2, 0.25) is 0 Å². The van der Waals surface area contributed by atoms with Gasteiger partial charge in [-0.15, -0.1) is 0 Å². The van der Waals surface area contributed by atoms with E-state index in [0.29, 0.717) is 0 Å². The molecule has 0 radical (unpaired) electrons. The van der Waals surface area contributed by atoms with Gasteiger partial charge in [0.25, 0.3) is 0 Å². The number of hydrogen-bond donors (Lipinski definition) is 0. The number of aromatic nitrogens is 2. The molecular formula is C16H19F6N3O4S2. The minimum atomic E-state index is -6.72. The van der Waals surface area contributed by atoms with Crippen LogP contribution in [0.3, 0.4) is 0 Å². The van der Waals surface area contributed by atoms with Crippen molar-refractivity contribution in [3.8, 4) is 5.69 Å². The Morgan fingerprint density at radius 1 is 0.903 bits per heavy atom. The summed E-state index contributed by atoms with van der Waals surface area (Å²) < 4.78 is 114. The van der Waals surface area contributed by atoms with Gasteiger partial charge in [0.15, 0.2) is 20.0 Å². The Morgan fingerprint density at radius 2 is 1.32 bits per heavy atom. The van der Waals surface area contributed by atoms with Crippen molar-refractivity contribution in [2.45, 2.75) is 45.3 Å². The lowest BCUT2D eigenvalue weighted by atomic mass is 10.1. The van der Waals surface area contributed by atoms with E-state index in [1.807, 2.05) is 0 Å². The van der Waals surface area contributed by atoms with E-state index < -0.39 is 31.1 Å². The first-order valence-electron chi connectivity index (χ1n) is 8.34. The van der Waals surface area contributed by atoms with Crippen LogP contribution in [0.5, 0.6) is 0 Å². The minimum absolute atomic E-state index is 0.778. The molecule has 0 aliphatic heterocycles. The van der Waals surface area contributed by atoms with E-state index in [1.165, 1.54) is 22.4 Å². The van der Waals surface area contributed by atoms with Crippen molar-refractivity contribution >= 4 is 20.0 Å². The summed E-state index contributed by atoms with van der Waals surface area (Å²) in [5.74, 6) is 0. The van der Waals surface area contributed by atoms with Crippen molar-refractivity contribution in [3.63, 3.8) is 0 Å². The molecule has 0 saturated heterocycles. The highest BCUT2D eigenvalue weighted by molar-refractivity contribution is 8.13. The van der Waals surface area contributed by atoms with Gasteiger partial charge in [-0.2, -0.15) is 26.3 Å². The van der Waals surface area contributed by atoms with Crippen molar-refractivity contribution in [3.05, 3.63) is 51.7 Å². The first-order chi connectivity index (χ1) is 13.8. The first kappa shape index (κ1) is 26.9. The predicted molar refractivity (Wildman–Crippen MR) is 99.2 cm³/mol. The summed E-state index contributed by atoms with van der Waals surface area (Å²) in [5.41, 5.74) is -7.11. The van der Waals surface area contributed by atoms with E-state index in [1.54, 1.807) is 0 Å². The summed E-state index contributed by atoms with van der Waals surface area (Å²) in [6.45, 7) is 9.65. The Bertz CT molecular complexity index is 1070. The molecule has 0 amide bonds. The van der Waals surface area contributed by atoms with Crippen molar-refractivity contribution in [1.29, 1.82) is 0 Å². The average Bonchev–Trinajstić information content (AvgIpc) is 3.00. The normalized spacial score (nSPS) is 13.0. The molecule has 0 saturated carbocycles. The number of hydrogen-bond acceptors (Lipinski definition) is 4. The lowest BCUT2D eigenvalue weighted by Crippen LogP contribution is -2.30. The van der Waals surface area contributed by atoms with Crippen LogP contribution in [-0.4, -0.2) is 32.4 Å². The monoisotopic (exact) mass is 495 g/mol. The Morgan fingerprint density at radius 3 is 1.65 bits per heavy atom. The van der Waals surface area contributed by atoms with E-state index in [9.17, 15) is 43.2 Å². The molecule has 2 aromatic rings. The smallest absolute Gasteiger partial charge is 0.421 e. The second-order valence-corrected chi connectivity index (χ2v) is 9.74. The zero-order valence-corrected chi connectivity index (χ0v) is 18.3. The van der Waals surface area contributed by atoms with Gasteiger partial charge in [-0.1, -0.05) is 17.7 Å². The third kappa shape index (κ3) is 6.67. The molecule has 0 N–H and O–H groups in total. The molecule has 0 spiro atoms. The molecule has 1 aromatic carbocycles. The Hall–Kier alpha value is -2.13. The lowest BCUT2D eigenvalue weighted by molar-refractivity contribution is -0.692. The number of benzene rings is 1. The van der Waals surface area contributed by atoms with Gasteiger partial charge < -0.3 is 4.13 Å². The number of sulfonamides is 2. The second kappa shape index (κ2) is 9.16. The number of nitrogens with zero attached hydrogens (tertiary/aromatic N) is 3. The van der Waals surface area contributed by atoms with Crippen LogP contribution in [0.25, 0.3) is 9.81 Å². The van der Waals surface area contributed by atoms with Gasteiger partial charge in [0, 0.05) is 0 Å². The molecule has 0 atom stereocenters. The molecule has 0 aliphatic rings. The maximum absolute atomic E-state index is 11.4. The number of halogens is 6. The van der Waals surface area contributed by atoms with Gasteiger partial charge in [0.05, 0.1) is 6.54 Å². The molecule has 31 heavy (non-hydrogen) atoms. The third-order valence-corrected chi connectivity index (χ3v) is 6.47. The van der Waals surface area contributed by atoms with Gasteiger partial charge in [-0.25, -0.2) is 26.0 Å². The zero-order valence-electron chi connectivity index (χ0n) is 16.7. The van der Waals surface area contributed by atoms with Gasteiger partial charge in [0.1, 0.15) is 18.1 Å². The number of aryl methyl sites for hydroxylation is 4. The van der Waals surface area contributed by atoms with E-state index >= 15 is 0 Å². The van der Waals surface area contributed by atoms with Crippen LogP contribution in [0, 0.1) is 20.8 Å². The number of alkyl halides is 6. The van der Waals surface area contributed by atoms with Crippen LogP contribution < -0.4 is 4.57 Å². The molecule has 0 fully saturated rings. The first-order valence-corrected chi connectivity index (χ1v) is 11.2. The summed E-state index contributed by atoms with van der Waals surface area (Å²) in [7, 11) is -13.4. The maximum Gasteiger partial charge on any atom is 0.480 e. The summed E-state index contributed by atoms with van der Waals surface area (Å²) in [5, 5.41) is 0. The summed E-state index contributed by atoms with van der Waals surface area (Å²) in [6.07, 6.45) is 6.37. The minimum Gasteiger partial charge on any atom is -0.421 e. The Kier molecular flexibility index (Phi) is 7.95. The second-order valence-electron chi connectivity index (χ2n) is 6.31. The van der Waals surface area contributed by atoms with Crippen molar-refractivity contribution in [1.82, 2.24) is 4.57 Å². The van der Waals surface area contributed by atoms with Crippen LogP contribution in [0.15, 0.2) is 30.9 Å². The maximum atomic E-state index is 11.4. The molecule has 0 unspecified atom stereocenters. The van der Waals surface area contributed by atoms with E-state index in [0.717, 1.165) is 10.7 Å². The van der Waals surface area contributed by atoms with E-state index in [2.05, 4.69) is 67.7 Å². The third-order valence-electron chi connectivity index (χ3n) is 3.73. The van der Waals surface area contributed by atoms with Crippen molar-refractivity contribution in [2.24, 2.45) is 0 Å². The number of imidazole rings is 1.